The van der Waals surface area contributed by atoms with Crippen molar-refractivity contribution in [2.75, 3.05) is 18.4 Å². The summed E-state index contributed by atoms with van der Waals surface area (Å²) in [6.45, 7) is 5.55. The molecule has 1 amide bonds. The highest BCUT2D eigenvalue weighted by Gasteiger charge is 2.36. The zero-order chi connectivity index (χ0) is 11.8. The minimum atomic E-state index is -0.289. The number of nitrogens with zero attached hydrogens (tertiary/aromatic N) is 2. The van der Waals surface area contributed by atoms with Crippen LogP contribution in [0.1, 0.15) is 19.0 Å². The van der Waals surface area contributed by atoms with Crippen molar-refractivity contribution in [3.05, 3.63) is 11.9 Å². The predicted octanol–water partition coefficient (Wildman–Crippen LogP) is 0.667. The molecule has 5 heteroatoms. The quantitative estimate of drug-likeness (QED) is 0.773. The van der Waals surface area contributed by atoms with Crippen LogP contribution < -0.4 is 10.6 Å². The zero-order valence-electron chi connectivity index (χ0n) is 10.0. The highest BCUT2D eigenvalue weighted by Crippen LogP contribution is 2.26. The first kappa shape index (κ1) is 11.1. The van der Waals surface area contributed by atoms with Crippen LogP contribution in [0, 0.1) is 12.3 Å². The monoisotopic (exact) mass is 222 g/mol. The maximum absolute atomic E-state index is 12.1. The number of hydrogen-bond acceptors (Lipinski definition) is 3. The molecule has 1 unspecified atom stereocenters. The van der Waals surface area contributed by atoms with Crippen molar-refractivity contribution >= 4 is 11.6 Å². The maximum atomic E-state index is 12.1. The lowest BCUT2D eigenvalue weighted by atomic mass is 9.89. The van der Waals surface area contributed by atoms with Crippen LogP contribution in [0.25, 0.3) is 0 Å². The Hall–Kier alpha value is -1.36. The van der Waals surface area contributed by atoms with E-state index in [0.717, 1.165) is 30.9 Å². The number of amides is 1. The van der Waals surface area contributed by atoms with Crippen LogP contribution in [-0.2, 0) is 11.8 Å². The molecule has 1 aromatic rings. The summed E-state index contributed by atoms with van der Waals surface area (Å²) in [4.78, 5) is 12.1. The fraction of sp³-hybridized carbons (Fsp3) is 0.636. The van der Waals surface area contributed by atoms with Crippen molar-refractivity contribution in [3.63, 3.8) is 0 Å². The lowest BCUT2D eigenvalue weighted by Gasteiger charge is -2.21. The zero-order valence-corrected chi connectivity index (χ0v) is 10.0. The number of anilines is 1. The van der Waals surface area contributed by atoms with Crippen molar-refractivity contribution in [1.29, 1.82) is 0 Å². The highest BCUT2D eigenvalue weighted by atomic mass is 16.2. The fourth-order valence-corrected chi connectivity index (χ4v) is 2.01. The average Bonchev–Trinajstić information content (AvgIpc) is 2.75. The van der Waals surface area contributed by atoms with E-state index in [9.17, 15) is 4.79 Å². The van der Waals surface area contributed by atoms with E-state index in [-0.39, 0.29) is 11.3 Å². The lowest BCUT2D eigenvalue weighted by Crippen LogP contribution is -2.35. The van der Waals surface area contributed by atoms with Gasteiger partial charge in [-0.25, -0.2) is 0 Å². The van der Waals surface area contributed by atoms with Crippen LogP contribution in [0.5, 0.6) is 0 Å². The molecular weight excluding hydrogens is 204 g/mol. The molecule has 1 fully saturated rings. The Bertz CT molecular complexity index is 404. The van der Waals surface area contributed by atoms with Gasteiger partial charge in [-0.05, 0) is 26.8 Å². The second kappa shape index (κ2) is 3.90. The molecule has 0 saturated carbocycles. The molecule has 0 bridgehead atoms. The molecule has 0 aliphatic carbocycles. The van der Waals surface area contributed by atoms with Gasteiger partial charge in [-0.3, -0.25) is 9.48 Å². The second-order valence-electron chi connectivity index (χ2n) is 4.74. The molecule has 0 radical (unpaired) electrons. The number of carbonyl (C=O) groups is 1. The average molecular weight is 222 g/mol. The van der Waals surface area contributed by atoms with Crippen LogP contribution in [0.15, 0.2) is 6.20 Å². The molecule has 0 spiro atoms. The number of rotatable bonds is 2. The number of aromatic nitrogens is 2. The third-order valence-corrected chi connectivity index (χ3v) is 3.18. The summed E-state index contributed by atoms with van der Waals surface area (Å²) in [5.41, 5.74) is 1.37. The van der Waals surface area contributed by atoms with Crippen molar-refractivity contribution < 1.29 is 4.79 Å². The summed E-state index contributed by atoms with van der Waals surface area (Å²) in [6.07, 6.45) is 2.72. The second-order valence-corrected chi connectivity index (χ2v) is 4.74. The van der Waals surface area contributed by atoms with Gasteiger partial charge in [-0.15, -0.1) is 0 Å². The first-order chi connectivity index (χ1) is 7.51. The van der Waals surface area contributed by atoms with Crippen LogP contribution >= 0.6 is 0 Å². The summed E-state index contributed by atoms with van der Waals surface area (Å²) in [7, 11) is 1.85. The lowest BCUT2D eigenvalue weighted by molar-refractivity contribution is -0.123. The van der Waals surface area contributed by atoms with Crippen LogP contribution in [0.3, 0.4) is 0 Å². The van der Waals surface area contributed by atoms with E-state index in [0.29, 0.717) is 0 Å². The molecule has 2 N–H and O–H groups in total. The molecule has 1 atom stereocenters. The molecule has 0 aromatic carbocycles. The largest absolute Gasteiger partial charge is 0.323 e. The van der Waals surface area contributed by atoms with E-state index in [1.165, 1.54) is 0 Å². The molecule has 88 valence electrons. The normalized spacial score (nSPS) is 24.7. The van der Waals surface area contributed by atoms with Crippen molar-refractivity contribution in [3.8, 4) is 0 Å². The SMILES string of the molecule is Cc1nn(C)cc1NC(=O)C1(C)CCNC1. The Labute approximate surface area is 95.2 Å². The number of hydrogen-bond donors (Lipinski definition) is 2. The van der Waals surface area contributed by atoms with E-state index in [1.54, 1.807) is 4.68 Å². The molecule has 1 aliphatic rings. The smallest absolute Gasteiger partial charge is 0.231 e. The summed E-state index contributed by atoms with van der Waals surface area (Å²) in [6, 6.07) is 0. The third kappa shape index (κ3) is 1.95. The molecule has 1 aliphatic heterocycles. The number of carbonyl (C=O) groups excluding carboxylic acids is 1. The number of aryl methyl sites for hydroxylation is 2. The van der Waals surface area contributed by atoms with E-state index >= 15 is 0 Å². The Balaban J connectivity index is 2.10. The van der Waals surface area contributed by atoms with E-state index in [1.807, 2.05) is 27.1 Å². The Morgan fingerprint density at radius 2 is 2.44 bits per heavy atom. The van der Waals surface area contributed by atoms with E-state index in [4.69, 9.17) is 0 Å². The first-order valence-corrected chi connectivity index (χ1v) is 5.54. The summed E-state index contributed by atoms with van der Waals surface area (Å²) < 4.78 is 1.71. The molecule has 2 rings (SSSR count). The van der Waals surface area contributed by atoms with Crippen molar-refractivity contribution in [2.45, 2.75) is 20.3 Å². The molecule has 1 saturated heterocycles. The minimum Gasteiger partial charge on any atom is -0.323 e. The summed E-state index contributed by atoms with van der Waals surface area (Å²) in [5, 5.41) is 10.4. The first-order valence-electron chi connectivity index (χ1n) is 5.54. The van der Waals surface area contributed by atoms with Gasteiger partial charge in [-0.2, -0.15) is 5.10 Å². The van der Waals surface area contributed by atoms with Gasteiger partial charge < -0.3 is 10.6 Å². The van der Waals surface area contributed by atoms with Gasteiger partial charge in [0.05, 0.1) is 16.8 Å². The van der Waals surface area contributed by atoms with E-state index < -0.39 is 0 Å². The molecule has 2 heterocycles. The van der Waals surface area contributed by atoms with Crippen molar-refractivity contribution in [2.24, 2.45) is 12.5 Å². The topological polar surface area (TPSA) is 59.0 Å². The van der Waals surface area contributed by atoms with Crippen LogP contribution in [-0.4, -0.2) is 28.8 Å². The Morgan fingerprint density at radius 3 is 2.94 bits per heavy atom. The standard InChI is InChI=1S/C11H18N4O/c1-8-9(6-15(3)14-8)13-10(16)11(2)4-5-12-7-11/h6,12H,4-5,7H2,1-3H3,(H,13,16). The van der Waals surface area contributed by atoms with E-state index in [2.05, 4.69) is 15.7 Å². The maximum Gasteiger partial charge on any atom is 0.231 e. The molecule has 1 aromatic heterocycles. The van der Waals surface area contributed by atoms with Gasteiger partial charge in [0.15, 0.2) is 0 Å². The highest BCUT2D eigenvalue weighted by molar-refractivity contribution is 5.95. The van der Waals surface area contributed by atoms with Gasteiger partial charge in [0.2, 0.25) is 5.91 Å². The summed E-state index contributed by atoms with van der Waals surface area (Å²) >= 11 is 0. The van der Waals surface area contributed by atoms with Gasteiger partial charge >= 0.3 is 0 Å². The predicted molar refractivity (Wildman–Crippen MR) is 62.2 cm³/mol. The van der Waals surface area contributed by atoms with Crippen LogP contribution in [0.4, 0.5) is 5.69 Å². The van der Waals surface area contributed by atoms with Gasteiger partial charge in [0.1, 0.15) is 0 Å². The Morgan fingerprint density at radius 1 is 1.69 bits per heavy atom. The minimum absolute atomic E-state index is 0.0774. The van der Waals surface area contributed by atoms with Gasteiger partial charge in [-0.1, -0.05) is 0 Å². The Kier molecular flexibility index (Phi) is 2.71. The number of nitrogens with one attached hydrogen (secondary N) is 2. The third-order valence-electron chi connectivity index (χ3n) is 3.18. The molecule has 5 nitrogen and oxygen atoms in total. The fourth-order valence-electron chi connectivity index (χ4n) is 2.01. The van der Waals surface area contributed by atoms with Crippen LogP contribution in [0.2, 0.25) is 0 Å². The van der Waals surface area contributed by atoms with Crippen molar-refractivity contribution in [1.82, 2.24) is 15.1 Å². The molecular formula is C11H18N4O. The van der Waals surface area contributed by atoms with Gasteiger partial charge in [0.25, 0.3) is 0 Å². The molecule has 16 heavy (non-hydrogen) atoms. The summed E-state index contributed by atoms with van der Waals surface area (Å²) in [5.74, 6) is 0.0774. The van der Waals surface area contributed by atoms with Gasteiger partial charge in [0, 0.05) is 19.8 Å².